The Bertz CT molecular complexity index is 306. The van der Waals surface area contributed by atoms with Crippen molar-refractivity contribution in [2.75, 3.05) is 6.54 Å². The molecule has 1 aromatic rings. The molecule has 3 nitrogen and oxygen atoms in total. The first-order chi connectivity index (χ1) is 6.17. The summed E-state index contributed by atoms with van der Waals surface area (Å²) in [4.78, 5) is 1.32. The van der Waals surface area contributed by atoms with Gasteiger partial charge in [-0.1, -0.05) is 18.3 Å². The zero-order valence-corrected chi connectivity index (χ0v) is 9.11. The second-order valence-corrected chi connectivity index (χ2v) is 4.83. The minimum absolute atomic E-state index is 0.416. The molecule has 1 saturated heterocycles. The zero-order chi connectivity index (χ0) is 9.47. The lowest BCUT2D eigenvalue weighted by Gasteiger charge is -2.47. The van der Waals surface area contributed by atoms with Gasteiger partial charge in [-0.3, -0.25) is 0 Å². The quantitative estimate of drug-likeness (QED) is 0.787. The summed E-state index contributed by atoms with van der Waals surface area (Å²) in [6, 6.07) is 0.484. The van der Waals surface area contributed by atoms with E-state index in [1.165, 1.54) is 22.8 Å². The maximum atomic E-state index is 4.05. The summed E-state index contributed by atoms with van der Waals surface area (Å²) in [7, 11) is 0. The highest BCUT2D eigenvalue weighted by Crippen LogP contribution is 2.44. The van der Waals surface area contributed by atoms with Gasteiger partial charge in [-0.05, 0) is 24.9 Å². The minimum Gasteiger partial charge on any atom is -0.308 e. The van der Waals surface area contributed by atoms with E-state index in [0.29, 0.717) is 11.5 Å². The van der Waals surface area contributed by atoms with Crippen LogP contribution in [-0.4, -0.2) is 16.1 Å². The summed E-state index contributed by atoms with van der Waals surface area (Å²) in [6.45, 7) is 7.73. The highest BCUT2D eigenvalue weighted by atomic mass is 32.1. The van der Waals surface area contributed by atoms with E-state index < -0.39 is 0 Å². The van der Waals surface area contributed by atoms with Crippen LogP contribution in [0.4, 0.5) is 0 Å². The van der Waals surface area contributed by atoms with E-state index in [1.807, 2.05) is 6.92 Å². The molecule has 0 aromatic carbocycles. The fourth-order valence-corrected chi connectivity index (χ4v) is 2.69. The molecule has 13 heavy (non-hydrogen) atoms. The molecular formula is C9H15N3S. The van der Waals surface area contributed by atoms with Crippen LogP contribution in [-0.2, 0) is 0 Å². The molecule has 0 amide bonds. The fourth-order valence-electron chi connectivity index (χ4n) is 1.79. The molecule has 2 heterocycles. The van der Waals surface area contributed by atoms with Gasteiger partial charge in [-0.25, -0.2) is 0 Å². The average molecular weight is 197 g/mol. The summed E-state index contributed by atoms with van der Waals surface area (Å²) in [5.74, 6) is 0. The molecule has 1 aliphatic heterocycles. The Kier molecular flexibility index (Phi) is 2.12. The highest BCUT2D eigenvalue weighted by molar-refractivity contribution is 7.05. The molecule has 0 aliphatic carbocycles. The van der Waals surface area contributed by atoms with Crippen LogP contribution in [0.5, 0.6) is 0 Å². The molecule has 2 rings (SSSR count). The number of nitrogens with one attached hydrogen (secondary N) is 1. The molecule has 1 fully saturated rings. The smallest absolute Gasteiger partial charge is 0.0773 e. The molecule has 0 radical (unpaired) electrons. The third-order valence-electron chi connectivity index (χ3n) is 3.16. The van der Waals surface area contributed by atoms with Crippen LogP contribution >= 0.6 is 11.5 Å². The summed E-state index contributed by atoms with van der Waals surface area (Å²) >= 11 is 1.53. The Morgan fingerprint density at radius 2 is 2.46 bits per heavy atom. The molecule has 2 unspecified atom stereocenters. The van der Waals surface area contributed by atoms with Gasteiger partial charge in [-0.15, -0.1) is 5.10 Å². The Hall–Kier alpha value is -0.480. The van der Waals surface area contributed by atoms with Crippen molar-refractivity contribution in [3.8, 4) is 0 Å². The van der Waals surface area contributed by atoms with Crippen LogP contribution in [0.3, 0.4) is 0 Å². The predicted octanol–water partition coefficient (Wildman–Crippen LogP) is 1.91. The van der Waals surface area contributed by atoms with Crippen molar-refractivity contribution in [1.29, 1.82) is 0 Å². The minimum atomic E-state index is 0.416. The second kappa shape index (κ2) is 3.03. The lowest BCUT2D eigenvalue weighted by atomic mass is 9.72. The van der Waals surface area contributed by atoms with E-state index in [0.717, 1.165) is 12.2 Å². The SMILES string of the molecule is CCC1(C)CNC1c1snnc1C. The number of hydrogen-bond acceptors (Lipinski definition) is 4. The van der Waals surface area contributed by atoms with Crippen LogP contribution in [0.15, 0.2) is 0 Å². The van der Waals surface area contributed by atoms with Gasteiger partial charge in [0.2, 0.25) is 0 Å². The first kappa shape index (κ1) is 9.09. The Morgan fingerprint density at radius 1 is 1.69 bits per heavy atom. The average Bonchev–Trinajstić information content (AvgIpc) is 2.49. The molecule has 2 atom stereocenters. The van der Waals surface area contributed by atoms with Crippen molar-refractivity contribution in [3.05, 3.63) is 10.6 Å². The Labute approximate surface area is 82.7 Å². The normalized spacial score (nSPS) is 33.0. The van der Waals surface area contributed by atoms with E-state index >= 15 is 0 Å². The molecule has 0 spiro atoms. The van der Waals surface area contributed by atoms with Gasteiger partial charge in [0.15, 0.2) is 0 Å². The lowest BCUT2D eigenvalue weighted by Crippen LogP contribution is -2.53. The van der Waals surface area contributed by atoms with E-state index in [-0.39, 0.29) is 0 Å². The largest absolute Gasteiger partial charge is 0.308 e. The molecule has 0 saturated carbocycles. The van der Waals surface area contributed by atoms with Crippen LogP contribution in [0.1, 0.15) is 36.9 Å². The van der Waals surface area contributed by atoms with E-state index in [1.54, 1.807) is 0 Å². The lowest BCUT2D eigenvalue weighted by molar-refractivity contribution is 0.101. The van der Waals surface area contributed by atoms with Crippen LogP contribution in [0.25, 0.3) is 0 Å². The Morgan fingerprint density at radius 3 is 2.85 bits per heavy atom. The summed E-state index contributed by atoms with van der Waals surface area (Å²) in [5.41, 5.74) is 1.50. The van der Waals surface area contributed by atoms with Crippen molar-refractivity contribution >= 4 is 11.5 Å². The molecular weight excluding hydrogens is 182 g/mol. The van der Waals surface area contributed by atoms with Crippen LogP contribution < -0.4 is 5.32 Å². The van der Waals surface area contributed by atoms with E-state index in [9.17, 15) is 0 Å². The standard InChI is InChI=1S/C9H15N3S/c1-4-9(3)5-10-8(9)7-6(2)11-12-13-7/h8,10H,4-5H2,1-3H3. The van der Waals surface area contributed by atoms with Gasteiger partial charge in [-0.2, -0.15) is 0 Å². The summed E-state index contributed by atoms with van der Waals surface area (Å²) < 4.78 is 3.98. The first-order valence-electron chi connectivity index (χ1n) is 4.69. The molecule has 0 bridgehead atoms. The van der Waals surface area contributed by atoms with Crippen LogP contribution in [0, 0.1) is 12.3 Å². The first-order valence-corrected chi connectivity index (χ1v) is 5.47. The molecule has 1 N–H and O–H groups in total. The predicted molar refractivity (Wildman–Crippen MR) is 53.8 cm³/mol. The van der Waals surface area contributed by atoms with Gasteiger partial charge in [0.1, 0.15) is 0 Å². The van der Waals surface area contributed by atoms with Crippen molar-refractivity contribution in [2.45, 2.75) is 33.2 Å². The number of aromatic nitrogens is 2. The van der Waals surface area contributed by atoms with Gasteiger partial charge < -0.3 is 5.32 Å². The molecule has 1 aromatic heterocycles. The topological polar surface area (TPSA) is 37.8 Å². The maximum absolute atomic E-state index is 4.05. The summed E-state index contributed by atoms with van der Waals surface area (Å²) in [5, 5.41) is 7.51. The highest BCUT2D eigenvalue weighted by Gasteiger charge is 2.43. The molecule has 4 heteroatoms. The number of rotatable bonds is 2. The van der Waals surface area contributed by atoms with Crippen molar-refractivity contribution in [2.24, 2.45) is 5.41 Å². The third kappa shape index (κ3) is 1.28. The monoisotopic (exact) mass is 197 g/mol. The van der Waals surface area contributed by atoms with Crippen molar-refractivity contribution < 1.29 is 0 Å². The van der Waals surface area contributed by atoms with E-state index in [2.05, 4.69) is 28.8 Å². The van der Waals surface area contributed by atoms with Crippen molar-refractivity contribution in [1.82, 2.24) is 14.9 Å². The second-order valence-electron chi connectivity index (χ2n) is 4.04. The van der Waals surface area contributed by atoms with Gasteiger partial charge in [0.25, 0.3) is 0 Å². The summed E-state index contributed by atoms with van der Waals surface area (Å²) in [6.07, 6.45) is 1.21. The zero-order valence-electron chi connectivity index (χ0n) is 8.29. The van der Waals surface area contributed by atoms with Crippen molar-refractivity contribution in [3.63, 3.8) is 0 Å². The Balaban J connectivity index is 2.24. The molecule has 1 aliphatic rings. The fraction of sp³-hybridized carbons (Fsp3) is 0.778. The van der Waals surface area contributed by atoms with E-state index in [4.69, 9.17) is 0 Å². The maximum Gasteiger partial charge on any atom is 0.0773 e. The van der Waals surface area contributed by atoms with Gasteiger partial charge >= 0.3 is 0 Å². The number of nitrogens with zero attached hydrogens (tertiary/aromatic N) is 2. The third-order valence-corrected chi connectivity index (χ3v) is 4.05. The molecule has 72 valence electrons. The van der Waals surface area contributed by atoms with Gasteiger partial charge in [0, 0.05) is 12.0 Å². The van der Waals surface area contributed by atoms with Crippen LogP contribution in [0.2, 0.25) is 0 Å². The van der Waals surface area contributed by atoms with Gasteiger partial charge in [0.05, 0.1) is 16.6 Å². The number of hydrogen-bond donors (Lipinski definition) is 1. The number of aryl methyl sites for hydroxylation is 1.